The number of H-pyrrole nitrogens is 1. The van der Waals surface area contributed by atoms with Gasteiger partial charge in [-0.2, -0.15) is 5.10 Å². The van der Waals surface area contributed by atoms with Crippen molar-refractivity contribution in [3.05, 3.63) is 83.6 Å². The van der Waals surface area contributed by atoms with Crippen LogP contribution in [0.1, 0.15) is 67.9 Å². The second-order valence-corrected chi connectivity index (χ2v) is 14.7. The SMILES string of the molecule is Cc1cc(C(=O)NCCNC(=O)OC(C)(C)C)ccc1-c1ccc(C[C@H](NC(=O)C2CCC(CNC(=O)O)CC2)C(=O)Nc2ccc3cn[nH]c3c2)cc1. The molecule has 1 aromatic heterocycles. The quantitative estimate of drug-likeness (QED) is 0.0867. The molecule has 1 aliphatic rings. The molecule has 1 aliphatic carbocycles. The number of carbonyl (C=O) groups is 5. The molecule has 1 saturated carbocycles. The summed E-state index contributed by atoms with van der Waals surface area (Å²) in [5.41, 5.74) is 4.85. The van der Waals surface area contributed by atoms with Crippen LogP contribution in [0.15, 0.2) is 66.9 Å². The van der Waals surface area contributed by atoms with Crippen LogP contribution in [0.4, 0.5) is 15.3 Å². The van der Waals surface area contributed by atoms with Crippen molar-refractivity contribution in [3.63, 3.8) is 0 Å². The normalized spacial score (nSPS) is 16.1. The standard InChI is InChI=1S/C40H49N7O7/c1-24-19-29(35(48)41-17-18-42-39(53)54-40(2,3)4)14-16-32(24)27-9-5-25(6-10-27)20-34(37(50)45-31-15-13-30-23-44-47-33(30)21-31)46-36(49)28-11-7-26(8-12-28)22-43-38(51)52/h5-6,9-10,13-16,19,21,23,26,28,34,43H,7-8,11-12,17-18,20,22H2,1-4H3,(H,41,48)(H,42,53)(H,44,47)(H,45,50)(H,46,49)(H,51,52)/t26?,28?,34-/m0/s1. The molecule has 0 spiro atoms. The number of amides is 5. The van der Waals surface area contributed by atoms with Crippen LogP contribution in [0.3, 0.4) is 0 Å². The summed E-state index contributed by atoms with van der Waals surface area (Å²) < 4.78 is 5.21. The van der Waals surface area contributed by atoms with Crippen LogP contribution in [0.5, 0.6) is 0 Å². The lowest BCUT2D eigenvalue weighted by Crippen LogP contribution is -2.48. The van der Waals surface area contributed by atoms with Gasteiger partial charge in [0, 0.05) is 48.6 Å². The minimum Gasteiger partial charge on any atom is -0.465 e. The Morgan fingerprint density at radius 2 is 1.63 bits per heavy atom. The topological polar surface area (TPSA) is 204 Å². The molecule has 1 fully saturated rings. The predicted molar refractivity (Wildman–Crippen MR) is 205 cm³/mol. The fourth-order valence-electron chi connectivity index (χ4n) is 6.55. The van der Waals surface area contributed by atoms with E-state index in [2.05, 4.69) is 36.8 Å². The average molecular weight is 740 g/mol. The second kappa shape index (κ2) is 17.7. The first-order chi connectivity index (χ1) is 25.7. The molecule has 0 unspecified atom stereocenters. The Balaban J connectivity index is 1.22. The van der Waals surface area contributed by atoms with Crippen molar-refractivity contribution in [2.75, 3.05) is 25.0 Å². The lowest BCUT2D eigenvalue weighted by atomic mass is 9.81. The van der Waals surface area contributed by atoms with E-state index in [-0.39, 0.29) is 49.1 Å². The number of aromatic amines is 1. The van der Waals surface area contributed by atoms with E-state index >= 15 is 0 Å². The molecular formula is C40H49N7O7. The van der Waals surface area contributed by atoms with Crippen LogP contribution in [0.25, 0.3) is 22.0 Å². The highest BCUT2D eigenvalue weighted by atomic mass is 16.6. The Labute approximate surface area is 314 Å². The lowest BCUT2D eigenvalue weighted by molar-refractivity contribution is -0.130. The molecule has 0 saturated heterocycles. The number of nitrogens with zero attached hydrogens (tertiary/aromatic N) is 1. The van der Waals surface area contributed by atoms with Crippen LogP contribution in [-0.4, -0.2) is 76.5 Å². The van der Waals surface area contributed by atoms with E-state index < -0.39 is 23.8 Å². The number of hydrogen-bond acceptors (Lipinski definition) is 7. The number of benzene rings is 3. The zero-order chi connectivity index (χ0) is 38.8. The Morgan fingerprint density at radius 3 is 2.31 bits per heavy atom. The maximum absolute atomic E-state index is 13.7. The number of rotatable bonds is 13. The molecule has 5 amide bonds. The van der Waals surface area contributed by atoms with E-state index in [9.17, 15) is 24.0 Å². The molecule has 0 bridgehead atoms. The van der Waals surface area contributed by atoms with Crippen molar-refractivity contribution < 1.29 is 33.8 Å². The molecule has 14 heteroatoms. The van der Waals surface area contributed by atoms with Gasteiger partial charge in [0.25, 0.3) is 5.91 Å². The molecule has 0 aliphatic heterocycles. The summed E-state index contributed by atoms with van der Waals surface area (Å²) in [6.07, 6.45) is 3.02. The number of aryl methyl sites for hydroxylation is 1. The summed E-state index contributed by atoms with van der Waals surface area (Å²) in [6, 6.07) is 17.8. The van der Waals surface area contributed by atoms with Gasteiger partial charge in [-0.25, -0.2) is 9.59 Å². The molecule has 14 nitrogen and oxygen atoms in total. The molecule has 3 aromatic carbocycles. The summed E-state index contributed by atoms with van der Waals surface area (Å²) in [5.74, 6) is -0.899. The van der Waals surface area contributed by atoms with E-state index in [1.165, 1.54) is 0 Å². The van der Waals surface area contributed by atoms with Crippen molar-refractivity contribution in [2.45, 2.75) is 71.4 Å². The summed E-state index contributed by atoms with van der Waals surface area (Å²) >= 11 is 0. The number of alkyl carbamates (subject to hydrolysis) is 1. The number of carbonyl (C=O) groups excluding carboxylic acids is 4. The first-order valence-electron chi connectivity index (χ1n) is 18.2. The highest BCUT2D eigenvalue weighted by Crippen LogP contribution is 2.29. The van der Waals surface area contributed by atoms with Crippen LogP contribution in [0.2, 0.25) is 0 Å². The first-order valence-corrected chi connectivity index (χ1v) is 18.2. The van der Waals surface area contributed by atoms with Crippen LogP contribution < -0.4 is 26.6 Å². The zero-order valence-electron chi connectivity index (χ0n) is 31.1. The molecule has 0 radical (unpaired) electrons. The number of anilines is 1. The third-order valence-electron chi connectivity index (χ3n) is 9.37. The third-order valence-corrected chi connectivity index (χ3v) is 9.37. The molecule has 1 heterocycles. The van der Waals surface area contributed by atoms with Crippen molar-refractivity contribution in [1.82, 2.24) is 31.5 Å². The van der Waals surface area contributed by atoms with Crippen molar-refractivity contribution in [1.29, 1.82) is 0 Å². The average Bonchev–Trinajstić information content (AvgIpc) is 3.60. The van der Waals surface area contributed by atoms with Crippen LogP contribution in [-0.2, 0) is 20.7 Å². The molecule has 286 valence electrons. The van der Waals surface area contributed by atoms with Gasteiger partial charge in [0.05, 0.1) is 11.7 Å². The highest BCUT2D eigenvalue weighted by Gasteiger charge is 2.30. The maximum Gasteiger partial charge on any atom is 0.407 e. The third kappa shape index (κ3) is 11.3. The fraction of sp³-hybridized carbons (Fsp3) is 0.400. The smallest absolute Gasteiger partial charge is 0.407 e. The minimum absolute atomic E-state index is 0.178. The van der Waals surface area contributed by atoms with Crippen LogP contribution in [0, 0.1) is 18.8 Å². The van der Waals surface area contributed by atoms with E-state index in [0.29, 0.717) is 30.6 Å². The monoisotopic (exact) mass is 739 g/mol. The summed E-state index contributed by atoms with van der Waals surface area (Å²) in [7, 11) is 0. The summed E-state index contributed by atoms with van der Waals surface area (Å²) in [5, 5.41) is 30.6. The number of ether oxygens (including phenoxy) is 1. The number of hydrogen-bond donors (Lipinski definition) is 7. The molecule has 5 rings (SSSR count). The van der Waals surface area contributed by atoms with Gasteiger partial charge in [0.2, 0.25) is 11.8 Å². The number of carboxylic acid groups (broad SMARTS) is 1. The lowest BCUT2D eigenvalue weighted by Gasteiger charge is -2.29. The van der Waals surface area contributed by atoms with Crippen molar-refractivity contribution in [2.24, 2.45) is 11.8 Å². The highest BCUT2D eigenvalue weighted by molar-refractivity contribution is 5.99. The van der Waals surface area contributed by atoms with Gasteiger partial charge < -0.3 is 36.4 Å². The number of aromatic nitrogens is 2. The number of nitrogens with one attached hydrogen (secondary N) is 6. The van der Waals surface area contributed by atoms with Gasteiger partial charge in [-0.05, 0) is 112 Å². The molecule has 54 heavy (non-hydrogen) atoms. The van der Waals surface area contributed by atoms with Gasteiger partial charge in [0.15, 0.2) is 0 Å². The Hall–Kier alpha value is -5.92. The minimum atomic E-state index is -1.06. The van der Waals surface area contributed by atoms with Crippen LogP contribution >= 0.6 is 0 Å². The summed E-state index contributed by atoms with van der Waals surface area (Å²) in [6.45, 7) is 8.10. The maximum atomic E-state index is 13.7. The first kappa shape index (κ1) is 39.3. The molecule has 1 atom stereocenters. The molecular weight excluding hydrogens is 690 g/mol. The Morgan fingerprint density at radius 1 is 0.907 bits per heavy atom. The van der Waals surface area contributed by atoms with E-state index in [4.69, 9.17) is 9.84 Å². The largest absolute Gasteiger partial charge is 0.465 e. The second-order valence-electron chi connectivity index (χ2n) is 14.7. The predicted octanol–water partition coefficient (Wildman–Crippen LogP) is 5.53. The number of fused-ring (bicyclic) bond motifs is 1. The van der Waals surface area contributed by atoms with Gasteiger partial charge in [-0.15, -0.1) is 0 Å². The van der Waals surface area contributed by atoms with Gasteiger partial charge in [0.1, 0.15) is 11.6 Å². The van der Waals surface area contributed by atoms with E-state index in [1.54, 1.807) is 45.2 Å². The van der Waals surface area contributed by atoms with Gasteiger partial charge in [-0.1, -0.05) is 30.3 Å². The van der Waals surface area contributed by atoms with Crippen molar-refractivity contribution in [3.8, 4) is 11.1 Å². The van der Waals surface area contributed by atoms with E-state index in [0.717, 1.165) is 46.0 Å². The van der Waals surface area contributed by atoms with Gasteiger partial charge in [-0.3, -0.25) is 19.5 Å². The fourth-order valence-corrected chi connectivity index (χ4v) is 6.55. The molecule has 7 N–H and O–H groups in total. The molecule has 4 aromatic rings. The zero-order valence-corrected chi connectivity index (χ0v) is 31.1. The summed E-state index contributed by atoms with van der Waals surface area (Å²) in [4.78, 5) is 62.7. The van der Waals surface area contributed by atoms with Crippen molar-refractivity contribution >= 4 is 46.5 Å². The Kier molecular flexibility index (Phi) is 12.9. The Bertz CT molecular complexity index is 1960. The van der Waals surface area contributed by atoms with Gasteiger partial charge >= 0.3 is 12.2 Å². The van der Waals surface area contributed by atoms with E-state index in [1.807, 2.05) is 49.4 Å².